The number of hydrogen-bond acceptors (Lipinski definition) is 4. The molecule has 0 atom stereocenters. The van der Waals surface area contributed by atoms with Gasteiger partial charge < -0.3 is 4.55 Å². The summed E-state index contributed by atoms with van der Waals surface area (Å²) < 4.78 is 34.8. The average molecular weight is 336 g/mol. The van der Waals surface area contributed by atoms with E-state index in [2.05, 4.69) is 11.1 Å². The minimum Gasteiger partial charge on any atom is -0.726 e. The van der Waals surface area contributed by atoms with Crippen LogP contribution in [0.25, 0.3) is 0 Å². The predicted molar refractivity (Wildman–Crippen MR) is 90.6 cm³/mol. The first kappa shape index (κ1) is 21.9. The highest BCUT2D eigenvalue weighted by atomic mass is 32.3. The Hall–Kier alpha value is -0.130. The molecule has 5 heteroatoms. The van der Waals surface area contributed by atoms with Crippen LogP contribution in [0.4, 0.5) is 0 Å². The fraction of sp³-hybridized carbons (Fsp3) is 1.00. The van der Waals surface area contributed by atoms with Crippen LogP contribution in [0.5, 0.6) is 0 Å². The molecule has 0 radical (unpaired) electrons. The Morgan fingerprint density at radius 1 is 0.636 bits per heavy atom. The second kappa shape index (κ2) is 15.8. The predicted octanol–water partition coefficient (Wildman–Crippen LogP) is 5.33. The van der Waals surface area contributed by atoms with Gasteiger partial charge in [0.05, 0.1) is 6.61 Å². The summed E-state index contributed by atoms with van der Waals surface area (Å²) in [5.74, 6) is 0. The highest BCUT2D eigenvalue weighted by Crippen LogP contribution is 2.13. The normalized spacial score (nSPS) is 11.9. The van der Waals surface area contributed by atoms with Crippen molar-refractivity contribution in [2.45, 2.75) is 103 Å². The highest BCUT2D eigenvalue weighted by Gasteiger charge is 1.96. The Bertz CT molecular complexity index is 315. The first-order valence-corrected chi connectivity index (χ1v) is 10.5. The number of unbranched alkanes of at least 4 members (excludes halogenated alkanes) is 14. The van der Waals surface area contributed by atoms with Crippen molar-refractivity contribution < 1.29 is 17.2 Å². The van der Waals surface area contributed by atoms with E-state index in [1.54, 1.807) is 0 Å². The lowest BCUT2D eigenvalue weighted by Gasteiger charge is -2.07. The van der Waals surface area contributed by atoms with Gasteiger partial charge in [0, 0.05) is 0 Å². The van der Waals surface area contributed by atoms with Crippen molar-refractivity contribution in [3.63, 3.8) is 0 Å². The summed E-state index contributed by atoms with van der Waals surface area (Å²) in [5.41, 5.74) is 0. The number of rotatable bonds is 17. The molecule has 0 aromatic carbocycles. The molecule has 0 aliphatic rings. The smallest absolute Gasteiger partial charge is 0.217 e. The lowest BCUT2D eigenvalue weighted by Crippen LogP contribution is -2.05. The van der Waals surface area contributed by atoms with Crippen molar-refractivity contribution >= 4 is 10.4 Å². The van der Waals surface area contributed by atoms with Crippen LogP contribution in [0.1, 0.15) is 103 Å². The Morgan fingerprint density at radius 2 is 0.955 bits per heavy atom. The molecular formula is C17H35O4S-. The van der Waals surface area contributed by atoms with Crippen LogP contribution in [0, 0.1) is 0 Å². The summed E-state index contributed by atoms with van der Waals surface area (Å²) in [6.07, 6.45) is 18.9. The van der Waals surface area contributed by atoms with E-state index in [4.69, 9.17) is 0 Å². The van der Waals surface area contributed by atoms with Crippen LogP contribution in [-0.4, -0.2) is 19.6 Å². The molecule has 0 spiro atoms. The van der Waals surface area contributed by atoms with Crippen molar-refractivity contribution in [3.8, 4) is 0 Å². The van der Waals surface area contributed by atoms with Gasteiger partial charge in [-0.25, -0.2) is 8.42 Å². The molecule has 0 N–H and O–H groups in total. The largest absolute Gasteiger partial charge is 0.726 e. The van der Waals surface area contributed by atoms with Crippen LogP contribution in [0.15, 0.2) is 0 Å². The van der Waals surface area contributed by atoms with Gasteiger partial charge in [-0.3, -0.25) is 4.18 Å². The Morgan fingerprint density at radius 3 is 1.27 bits per heavy atom. The van der Waals surface area contributed by atoms with E-state index in [1.807, 2.05) is 0 Å². The molecule has 0 fully saturated rings. The number of hydrogen-bond donors (Lipinski definition) is 0. The lowest BCUT2D eigenvalue weighted by atomic mass is 10.0. The molecular weight excluding hydrogens is 300 g/mol. The molecule has 4 nitrogen and oxygen atoms in total. The summed E-state index contributed by atoms with van der Waals surface area (Å²) in [4.78, 5) is 0. The van der Waals surface area contributed by atoms with Gasteiger partial charge in [-0.15, -0.1) is 0 Å². The van der Waals surface area contributed by atoms with E-state index in [0.717, 1.165) is 12.8 Å². The Kier molecular flexibility index (Phi) is 15.7. The van der Waals surface area contributed by atoms with Crippen molar-refractivity contribution in [3.05, 3.63) is 0 Å². The summed E-state index contributed by atoms with van der Waals surface area (Å²) in [5, 5.41) is 0. The summed E-state index contributed by atoms with van der Waals surface area (Å²) in [6.45, 7) is 2.29. The van der Waals surface area contributed by atoms with Crippen LogP contribution in [-0.2, 0) is 14.6 Å². The zero-order valence-electron chi connectivity index (χ0n) is 14.4. The first-order valence-electron chi connectivity index (χ1n) is 9.16. The van der Waals surface area contributed by atoms with E-state index in [9.17, 15) is 13.0 Å². The molecule has 0 rings (SSSR count). The van der Waals surface area contributed by atoms with E-state index >= 15 is 0 Å². The minimum absolute atomic E-state index is 0.0318. The van der Waals surface area contributed by atoms with Gasteiger partial charge in [-0.1, -0.05) is 96.8 Å². The third kappa shape index (κ3) is 19.9. The third-order valence-electron chi connectivity index (χ3n) is 3.98. The molecule has 22 heavy (non-hydrogen) atoms. The molecule has 0 saturated carbocycles. The molecule has 0 amide bonds. The van der Waals surface area contributed by atoms with E-state index in [0.29, 0.717) is 6.42 Å². The fourth-order valence-electron chi connectivity index (χ4n) is 2.63. The maximum atomic E-state index is 10.2. The molecule has 0 unspecified atom stereocenters. The fourth-order valence-corrected chi connectivity index (χ4v) is 2.96. The molecule has 0 bridgehead atoms. The standard InChI is InChI=1S/C17H36O4S/c1-2-3-4-5-6-7-8-9-10-11-12-13-14-15-16-17-21-22(18,19)20/h2-17H2,1H3,(H,18,19,20)/p-1. The SMILES string of the molecule is CCCCCCCCCCCCCCCCCOS(=O)(=O)[O-]. The van der Waals surface area contributed by atoms with Gasteiger partial charge in [0.1, 0.15) is 0 Å². The zero-order chi connectivity index (χ0) is 16.5. The van der Waals surface area contributed by atoms with Gasteiger partial charge in [-0.2, -0.15) is 0 Å². The summed E-state index contributed by atoms with van der Waals surface area (Å²) in [6, 6.07) is 0. The van der Waals surface area contributed by atoms with Gasteiger partial charge in [0.2, 0.25) is 10.4 Å². The topological polar surface area (TPSA) is 66.4 Å². The monoisotopic (exact) mass is 335 g/mol. The molecule has 0 aromatic rings. The summed E-state index contributed by atoms with van der Waals surface area (Å²) >= 11 is 0. The first-order chi connectivity index (χ1) is 10.6. The molecule has 134 valence electrons. The van der Waals surface area contributed by atoms with Crippen molar-refractivity contribution in [2.75, 3.05) is 6.61 Å². The van der Waals surface area contributed by atoms with Crippen LogP contribution in [0.2, 0.25) is 0 Å². The molecule has 0 aliphatic heterocycles. The Balaban J connectivity index is 3.03. The molecule has 0 aromatic heterocycles. The third-order valence-corrected chi connectivity index (χ3v) is 4.43. The van der Waals surface area contributed by atoms with Crippen LogP contribution < -0.4 is 0 Å². The van der Waals surface area contributed by atoms with E-state index in [1.165, 1.54) is 77.0 Å². The van der Waals surface area contributed by atoms with Gasteiger partial charge in [-0.05, 0) is 6.42 Å². The Labute approximate surface area is 138 Å². The van der Waals surface area contributed by atoms with Gasteiger partial charge in [0.15, 0.2) is 0 Å². The van der Waals surface area contributed by atoms with Crippen molar-refractivity contribution in [1.82, 2.24) is 0 Å². The average Bonchev–Trinajstić information content (AvgIpc) is 2.45. The highest BCUT2D eigenvalue weighted by molar-refractivity contribution is 7.80. The summed E-state index contributed by atoms with van der Waals surface area (Å²) in [7, 11) is -4.49. The zero-order valence-corrected chi connectivity index (χ0v) is 15.2. The van der Waals surface area contributed by atoms with Crippen molar-refractivity contribution in [2.24, 2.45) is 0 Å². The lowest BCUT2D eigenvalue weighted by molar-refractivity contribution is 0.255. The van der Waals surface area contributed by atoms with Gasteiger partial charge >= 0.3 is 0 Å². The van der Waals surface area contributed by atoms with Crippen LogP contribution in [0.3, 0.4) is 0 Å². The van der Waals surface area contributed by atoms with Gasteiger partial charge in [0.25, 0.3) is 0 Å². The maximum absolute atomic E-state index is 10.2. The minimum atomic E-state index is -4.49. The second-order valence-corrected chi connectivity index (χ2v) is 7.23. The molecule has 0 saturated heterocycles. The van der Waals surface area contributed by atoms with Crippen molar-refractivity contribution in [1.29, 1.82) is 0 Å². The molecule has 0 heterocycles. The molecule has 0 aliphatic carbocycles. The second-order valence-electron chi connectivity index (χ2n) is 6.18. The maximum Gasteiger partial charge on any atom is 0.217 e. The van der Waals surface area contributed by atoms with Crippen LogP contribution >= 0.6 is 0 Å². The van der Waals surface area contributed by atoms with E-state index < -0.39 is 10.4 Å². The quantitative estimate of drug-likeness (QED) is 0.204. The van der Waals surface area contributed by atoms with E-state index in [-0.39, 0.29) is 6.61 Å².